The zero-order valence-corrected chi connectivity index (χ0v) is 15.9. The molecule has 0 unspecified atom stereocenters. The maximum absolute atomic E-state index is 13.3. The van der Waals surface area contributed by atoms with E-state index in [4.69, 9.17) is 0 Å². The van der Waals surface area contributed by atoms with Gasteiger partial charge in [-0.15, -0.1) is 0 Å². The summed E-state index contributed by atoms with van der Waals surface area (Å²) in [5.41, 5.74) is 1.11. The van der Waals surface area contributed by atoms with Crippen LogP contribution in [0.15, 0.2) is 30.3 Å². The molecule has 1 aromatic rings. The molecule has 0 N–H and O–H groups in total. The van der Waals surface area contributed by atoms with Gasteiger partial charge in [0.15, 0.2) is 0 Å². The molecule has 4 rings (SSSR count). The maximum atomic E-state index is 13.3. The first-order valence-electron chi connectivity index (χ1n) is 10.1. The van der Waals surface area contributed by atoms with Crippen molar-refractivity contribution in [1.29, 1.82) is 5.26 Å². The quantitative estimate of drug-likeness (QED) is 0.809. The predicted molar refractivity (Wildman–Crippen MR) is 102 cm³/mol. The highest BCUT2D eigenvalue weighted by molar-refractivity contribution is 5.89. The standard InChI is InChI=1S/C22H27N3O2/c1-15-7-10-21(26)25-18(11-15)8-9-20(25)22(27)24-13-17(12-23)19(14-24)16-5-3-2-4-6-16/h2-6,15,17-20H,7-11,13-14H2,1H3/t15-,17-,18-,19+,20+/m1/s1. The molecular formula is C22H27N3O2. The van der Waals surface area contributed by atoms with Crippen molar-refractivity contribution in [3.63, 3.8) is 0 Å². The molecule has 0 bridgehead atoms. The molecule has 27 heavy (non-hydrogen) atoms. The molecule has 0 spiro atoms. The highest BCUT2D eigenvalue weighted by Crippen LogP contribution is 2.37. The molecule has 3 heterocycles. The number of hydrogen-bond donors (Lipinski definition) is 0. The molecule has 3 aliphatic heterocycles. The number of carbonyl (C=O) groups excluding carboxylic acids is 2. The lowest BCUT2D eigenvalue weighted by Gasteiger charge is -2.31. The van der Waals surface area contributed by atoms with E-state index in [2.05, 4.69) is 13.0 Å². The van der Waals surface area contributed by atoms with E-state index in [-0.39, 0.29) is 35.7 Å². The van der Waals surface area contributed by atoms with Crippen LogP contribution in [0, 0.1) is 23.2 Å². The smallest absolute Gasteiger partial charge is 0.245 e. The summed E-state index contributed by atoms with van der Waals surface area (Å²) in [6.07, 6.45) is 4.15. The number of nitriles is 1. The number of hydrogen-bond acceptors (Lipinski definition) is 3. The van der Waals surface area contributed by atoms with Crippen molar-refractivity contribution in [2.24, 2.45) is 11.8 Å². The van der Waals surface area contributed by atoms with E-state index >= 15 is 0 Å². The first-order valence-corrected chi connectivity index (χ1v) is 10.1. The second-order valence-electron chi connectivity index (χ2n) is 8.42. The van der Waals surface area contributed by atoms with Crippen LogP contribution in [0.1, 0.15) is 50.5 Å². The van der Waals surface area contributed by atoms with Gasteiger partial charge in [-0.3, -0.25) is 9.59 Å². The maximum Gasteiger partial charge on any atom is 0.245 e. The van der Waals surface area contributed by atoms with Gasteiger partial charge in [-0.05, 0) is 37.2 Å². The number of carbonyl (C=O) groups is 2. The molecule has 0 aromatic heterocycles. The molecule has 3 aliphatic rings. The van der Waals surface area contributed by atoms with E-state index in [9.17, 15) is 14.9 Å². The zero-order chi connectivity index (χ0) is 19.0. The second-order valence-corrected chi connectivity index (χ2v) is 8.42. The summed E-state index contributed by atoms with van der Waals surface area (Å²) in [5.74, 6) is 0.579. The molecular weight excluding hydrogens is 338 g/mol. The van der Waals surface area contributed by atoms with Gasteiger partial charge in [0, 0.05) is 31.5 Å². The van der Waals surface area contributed by atoms with Crippen molar-refractivity contribution in [2.45, 2.75) is 57.0 Å². The number of fused-ring (bicyclic) bond motifs is 1. The Kier molecular flexibility index (Phi) is 4.90. The van der Waals surface area contributed by atoms with Crippen LogP contribution in [0.5, 0.6) is 0 Å². The summed E-state index contributed by atoms with van der Waals surface area (Å²) in [5, 5.41) is 9.61. The molecule has 5 atom stereocenters. The van der Waals surface area contributed by atoms with Gasteiger partial charge in [0.25, 0.3) is 0 Å². The van der Waals surface area contributed by atoms with Gasteiger partial charge in [-0.1, -0.05) is 37.3 Å². The zero-order valence-electron chi connectivity index (χ0n) is 15.9. The first kappa shape index (κ1) is 18.0. The number of nitrogens with zero attached hydrogens (tertiary/aromatic N) is 3. The van der Waals surface area contributed by atoms with Crippen molar-refractivity contribution in [3.8, 4) is 6.07 Å². The average Bonchev–Trinajstić information content (AvgIpc) is 3.27. The largest absolute Gasteiger partial charge is 0.339 e. The molecule has 0 saturated carbocycles. The lowest BCUT2D eigenvalue weighted by molar-refractivity contribution is -0.144. The van der Waals surface area contributed by atoms with Crippen molar-refractivity contribution < 1.29 is 9.59 Å². The monoisotopic (exact) mass is 365 g/mol. The molecule has 1 aromatic carbocycles. The van der Waals surface area contributed by atoms with E-state index in [1.165, 1.54) is 0 Å². The van der Waals surface area contributed by atoms with E-state index in [0.717, 1.165) is 31.2 Å². The third kappa shape index (κ3) is 3.34. The van der Waals surface area contributed by atoms with Gasteiger partial charge in [0.05, 0.1) is 12.0 Å². The predicted octanol–water partition coefficient (Wildman–Crippen LogP) is 2.93. The van der Waals surface area contributed by atoms with E-state index < -0.39 is 0 Å². The van der Waals surface area contributed by atoms with Crippen LogP contribution in [0.2, 0.25) is 0 Å². The fraction of sp³-hybridized carbons (Fsp3) is 0.591. The van der Waals surface area contributed by atoms with Crippen molar-refractivity contribution in [1.82, 2.24) is 9.80 Å². The normalized spacial score (nSPS) is 33.5. The fourth-order valence-corrected chi connectivity index (χ4v) is 5.18. The topological polar surface area (TPSA) is 64.4 Å². The highest BCUT2D eigenvalue weighted by Gasteiger charge is 2.46. The molecule has 0 aliphatic carbocycles. The van der Waals surface area contributed by atoms with Crippen LogP contribution >= 0.6 is 0 Å². The van der Waals surface area contributed by atoms with Gasteiger partial charge in [-0.2, -0.15) is 5.26 Å². The van der Waals surface area contributed by atoms with Crippen LogP contribution in [0.3, 0.4) is 0 Å². The Morgan fingerprint density at radius 3 is 2.67 bits per heavy atom. The van der Waals surface area contributed by atoms with Crippen LogP contribution in [-0.2, 0) is 9.59 Å². The number of likely N-dealkylation sites (tertiary alicyclic amines) is 1. The van der Waals surface area contributed by atoms with Crippen molar-refractivity contribution >= 4 is 11.8 Å². The number of amides is 2. The third-order valence-electron chi connectivity index (χ3n) is 6.63. The Hall–Kier alpha value is -2.35. The highest BCUT2D eigenvalue weighted by atomic mass is 16.2. The molecule has 3 saturated heterocycles. The summed E-state index contributed by atoms with van der Waals surface area (Å²) in [7, 11) is 0. The molecule has 5 heteroatoms. The van der Waals surface area contributed by atoms with Crippen molar-refractivity contribution in [2.75, 3.05) is 13.1 Å². The summed E-state index contributed by atoms with van der Waals surface area (Å²) in [6.45, 7) is 3.24. The van der Waals surface area contributed by atoms with Crippen molar-refractivity contribution in [3.05, 3.63) is 35.9 Å². The van der Waals surface area contributed by atoms with Gasteiger partial charge >= 0.3 is 0 Å². The summed E-state index contributed by atoms with van der Waals surface area (Å²) < 4.78 is 0. The summed E-state index contributed by atoms with van der Waals surface area (Å²) in [6, 6.07) is 12.3. The van der Waals surface area contributed by atoms with Crippen LogP contribution in [-0.4, -0.2) is 46.8 Å². The van der Waals surface area contributed by atoms with Crippen LogP contribution in [0.4, 0.5) is 0 Å². The molecule has 0 radical (unpaired) electrons. The molecule has 2 amide bonds. The Morgan fingerprint density at radius 2 is 1.93 bits per heavy atom. The minimum absolute atomic E-state index is 0.0408. The van der Waals surface area contributed by atoms with E-state index in [1.54, 1.807) is 0 Å². The Labute approximate surface area is 160 Å². The molecule has 142 valence electrons. The Balaban J connectivity index is 1.51. The van der Waals surface area contributed by atoms with Gasteiger partial charge in [0.1, 0.15) is 6.04 Å². The summed E-state index contributed by atoms with van der Waals surface area (Å²) in [4.78, 5) is 29.7. The average molecular weight is 365 g/mol. The molecule has 3 fully saturated rings. The lowest BCUT2D eigenvalue weighted by atomic mass is 9.90. The minimum atomic E-state index is -0.332. The van der Waals surface area contributed by atoms with Gasteiger partial charge in [0.2, 0.25) is 11.8 Å². The lowest BCUT2D eigenvalue weighted by Crippen LogP contribution is -2.49. The van der Waals surface area contributed by atoms with Gasteiger partial charge in [-0.25, -0.2) is 0 Å². The second kappa shape index (κ2) is 7.34. The molecule has 5 nitrogen and oxygen atoms in total. The number of rotatable bonds is 2. The van der Waals surface area contributed by atoms with Gasteiger partial charge < -0.3 is 9.80 Å². The first-order chi connectivity index (χ1) is 13.1. The minimum Gasteiger partial charge on any atom is -0.339 e. The van der Waals surface area contributed by atoms with Crippen LogP contribution < -0.4 is 0 Å². The SMILES string of the molecule is C[C@@H]1CCC(=O)N2[C@H](CC[C@H]2C(=O)N2C[C@@H](C#N)[C@H](c3ccccc3)C2)C1. The summed E-state index contributed by atoms with van der Waals surface area (Å²) >= 11 is 0. The number of benzene rings is 1. The van der Waals surface area contributed by atoms with E-state index in [1.807, 2.05) is 40.1 Å². The fourth-order valence-electron chi connectivity index (χ4n) is 5.18. The third-order valence-corrected chi connectivity index (χ3v) is 6.63. The Morgan fingerprint density at radius 1 is 1.15 bits per heavy atom. The van der Waals surface area contributed by atoms with E-state index in [0.29, 0.717) is 25.4 Å². The Bertz CT molecular complexity index is 757. The van der Waals surface area contributed by atoms with Crippen LogP contribution in [0.25, 0.3) is 0 Å².